The van der Waals surface area contributed by atoms with Crippen LogP contribution in [-0.4, -0.2) is 115 Å². The number of rotatable bonds is 13. The lowest BCUT2D eigenvalue weighted by atomic mass is 10.3. The van der Waals surface area contributed by atoms with Gasteiger partial charge in [0.05, 0.1) is 0 Å². The van der Waals surface area contributed by atoms with E-state index < -0.39 is 32.4 Å². The topological polar surface area (TPSA) is 120 Å². The van der Waals surface area contributed by atoms with Crippen molar-refractivity contribution in [3.8, 4) is 0 Å². The highest BCUT2D eigenvalue weighted by atomic mass is 28.4. The first-order valence-corrected chi connectivity index (χ1v) is 20.3. The van der Waals surface area contributed by atoms with E-state index in [9.17, 15) is 0 Å². The Hall–Kier alpha value is 0.131. The fourth-order valence-corrected chi connectivity index (χ4v) is 11.8. The van der Waals surface area contributed by atoms with Gasteiger partial charge in [-0.15, -0.1) is 0 Å². The molecule has 16 heteroatoms. The van der Waals surface area contributed by atoms with Crippen LogP contribution in [0.5, 0.6) is 0 Å². The lowest BCUT2D eigenvalue weighted by Crippen LogP contribution is -2.56. The van der Waals surface area contributed by atoms with Crippen molar-refractivity contribution < 1.29 is 58.8 Å². The Balaban J connectivity index is 0.000000309. The number of ether oxygens (including phenoxy) is 4. The third-order valence-corrected chi connectivity index (χ3v) is 15.7. The Morgan fingerprint density at radius 3 is 1.56 bits per heavy atom. The summed E-state index contributed by atoms with van der Waals surface area (Å²) in [5, 5.41) is 0. The minimum Gasteiger partial charge on any atom is -0.377 e. The van der Waals surface area contributed by atoms with Crippen molar-refractivity contribution in [3.05, 3.63) is 0 Å². The molecule has 0 N–H and O–H groups in total. The van der Waals surface area contributed by atoms with Crippen LogP contribution in [0.3, 0.4) is 0 Å². The summed E-state index contributed by atoms with van der Waals surface area (Å²) in [6, 6.07) is 2.60. The maximum atomic E-state index is 5.87. The molecule has 3 aliphatic heterocycles. The summed E-state index contributed by atoms with van der Waals surface area (Å²) in [5.41, 5.74) is 0. The molecule has 2 unspecified atom stereocenters. The second-order valence-electron chi connectivity index (χ2n) is 9.35. The summed E-state index contributed by atoms with van der Waals surface area (Å²) in [4.78, 5) is 0. The number of hydrogen-bond donors (Lipinski definition) is 0. The highest BCUT2D eigenvalue weighted by molar-refractivity contribution is 6.61. The van der Waals surface area contributed by atoms with Crippen LogP contribution >= 0.6 is 0 Å². The molecule has 2 atom stereocenters. The van der Waals surface area contributed by atoms with Crippen molar-refractivity contribution in [1.29, 1.82) is 0 Å². The summed E-state index contributed by atoms with van der Waals surface area (Å²) < 4.78 is 70.8. The van der Waals surface area contributed by atoms with Gasteiger partial charge >= 0.3 is 26.4 Å². The van der Waals surface area contributed by atoms with Crippen molar-refractivity contribution >= 4 is 26.4 Å². The van der Waals surface area contributed by atoms with Crippen LogP contribution in [0, 0.1) is 0 Å². The molecule has 41 heavy (non-hydrogen) atoms. The van der Waals surface area contributed by atoms with E-state index in [1.807, 2.05) is 20.8 Å². The first-order valence-electron chi connectivity index (χ1n) is 14.5. The van der Waals surface area contributed by atoms with Gasteiger partial charge in [0.15, 0.2) is 12.6 Å². The van der Waals surface area contributed by atoms with E-state index in [-0.39, 0.29) is 12.6 Å². The van der Waals surface area contributed by atoms with Crippen molar-refractivity contribution in [1.82, 2.24) is 0 Å². The van der Waals surface area contributed by atoms with Crippen LogP contribution in [0.4, 0.5) is 0 Å². The van der Waals surface area contributed by atoms with Gasteiger partial charge in [-0.05, 0) is 52.9 Å². The second-order valence-corrected chi connectivity index (χ2v) is 17.8. The molecule has 3 heterocycles. The lowest BCUT2D eigenvalue weighted by Gasteiger charge is -2.41. The predicted octanol–water partition coefficient (Wildman–Crippen LogP) is 4.15. The molecule has 0 aromatic carbocycles. The van der Waals surface area contributed by atoms with Gasteiger partial charge in [0.1, 0.15) is 0 Å². The molecular weight excluding hydrogens is 593 g/mol. The predicted molar refractivity (Wildman–Crippen MR) is 157 cm³/mol. The summed E-state index contributed by atoms with van der Waals surface area (Å²) in [6.45, 7) is 7.88. The molecule has 246 valence electrons. The van der Waals surface area contributed by atoms with Crippen molar-refractivity contribution in [2.24, 2.45) is 0 Å². The van der Waals surface area contributed by atoms with Crippen LogP contribution in [0.2, 0.25) is 18.1 Å². The van der Waals surface area contributed by atoms with Gasteiger partial charge in [-0.3, -0.25) is 0 Å². The maximum Gasteiger partial charge on any atom is 0.504 e. The summed E-state index contributed by atoms with van der Waals surface area (Å²) in [5.74, 6) is -0.990. The molecule has 0 saturated carbocycles. The molecule has 0 spiro atoms. The van der Waals surface area contributed by atoms with Crippen LogP contribution in [0.25, 0.3) is 0 Å². The highest BCUT2D eigenvalue weighted by Gasteiger charge is 2.52. The number of hydrogen-bond acceptors (Lipinski definition) is 13. The van der Waals surface area contributed by atoms with E-state index in [1.54, 1.807) is 49.8 Å². The van der Waals surface area contributed by atoms with Gasteiger partial charge in [0, 0.05) is 94.1 Å². The lowest BCUT2D eigenvalue weighted by molar-refractivity contribution is -0.347. The third kappa shape index (κ3) is 12.2. The average Bonchev–Trinajstić information content (AvgIpc) is 3.02. The Labute approximate surface area is 250 Å². The molecule has 0 bridgehead atoms. The first-order chi connectivity index (χ1) is 19.7. The normalized spacial score (nSPS) is 26.2. The zero-order chi connectivity index (χ0) is 30.8. The molecule has 0 aliphatic carbocycles. The molecule has 0 amide bonds. The monoisotopic (exact) mass is 648 g/mol. The highest BCUT2D eigenvalue weighted by Crippen LogP contribution is 2.35. The van der Waals surface area contributed by atoms with E-state index in [2.05, 4.69) is 0 Å². The summed E-state index contributed by atoms with van der Waals surface area (Å²) >= 11 is 0. The van der Waals surface area contributed by atoms with Gasteiger partial charge < -0.3 is 58.8 Å². The van der Waals surface area contributed by atoms with Gasteiger partial charge in [0.25, 0.3) is 5.97 Å². The van der Waals surface area contributed by atoms with Crippen molar-refractivity contribution in [3.63, 3.8) is 0 Å². The Morgan fingerprint density at radius 1 is 0.610 bits per heavy atom. The maximum absolute atomic E-state index is 5.87. The largest absolute Gasteiger partial charge is 0.504 e. The molecule has 0 aromatic heterocycles. The zero-order valence-corrected chi connectivity index (χ0v) is 29.9. The molecule has 3 fully saturated rings. The first kappa shape index (κ1) is 39.2. The van der Waals surface area contributed by atoms with E-state index in [4.69, 9.17) is 58.8 Å². The Kier molecular flexibility index (Phi) is 19.3. The Morgan fingerprint density at radius 2 is 1.10 bits per heavy atom. The minimum atomic E-state index is -2.56. The number of methoxy groups -OCH3 is 3. The van der Waals surface area contributed by atoms with Crippen LogP contribution in [-0.2, 0) is 58.8 Å². The van der Waals surface area contributed by atoms with Crippen LogP contribution in [0.1, 0.15) is 59.3 Å². The zero-order valence-electron chi connectivity index (χ0n) is 26.9. The van der Waals surface area contributed by atoms with E-state index in [1.165, 1.54) is 0 Å². The smallest absolute Gasteiger partial charge is 0.377 e. The molecule has 13 nitrogen and oxygen atoms in total. The van der Waals surface area contributed by atoms with Gasteiger partial charge in [-0.1, -0.05) is 0 Å². The van der Waals surface area contributed by atoms with E-state index in [0.29, 0.717) is 26.2 Å². The van der Waals surface area contributed by atoms with Gasteiger partial charge in [-0.2, -0.15) is 0 Å². The van der Waals surface area contributed by atoms with E-state index >= 15 is 0 Å². The fourth-order valence-electron chi connectivity index (χ4n) is 4.76. The molecule has 0 aromatic rings. The third-order valence-electron chi connectivity index (χ3n) is 6.95. The van der Waals surface area contributed by atoms with Gasteiger partial charge in [-0.25, -0.2) is 0 Å². The Bertz CT molecular complexity index is 635. The minimum absolute atomic E-state index is 0.131. The molecule has 3 saturated heterocycles. The fraction of sp³-hybridized carbons (Fsp3) is 1.00. The summed E-state index contributed by atoms with van der Waals surface area (Å²) in [7, 11) is 3.90. The second kappa shape index (κ2) is 20.2. The molecule has 3 aliphatic rings. The summed E-state index contributed by atoms with van der Waals surface area (Å²) in [6.07, 6.45) is 5.32. The van der Waals surface area contributed by atoms with Crippen LogP contribution < -0.4 is 0 Å². The van der Waals surface area contributed by atoms with Crippen molar-refractivity contribution in [2.75, 3.05) is 69.6 Å². The quantitative estimate of drug-likeness (QED) is 0.210. The van der Waals surface area contributed by atoms with Crippen LogP contribution in [0.15, 0.2) is 0 Å². The van der Waals surface area contributed by atoms with Gasteiger partial charge in [0.2, 0.25) is 0 Å². The SMILES string of the molecule is CCOC1CCC[Si](OCC)(OCC)O1.COC1(OC)CCC[Si](OC)(OC)O1.COC1CCC[Si](OC)(OC)O1. The standard InChI is InChI=1S/C10H22O4Si.C8H18O5Si.C7H16O4Si/c1-4-11-10-8-7-9-15(14-10,12-5-2)13-6-3;1-9-8(10-2)6-5-7-14(11-3,12-4)13-8;1-8-7-5-4-6-12(9-2,10-3)11-7/h10H,4-9H2,1-3H3;5-7H2,1-4H3;7H,4-6H2,1-3H3. The molecular formula is C25H56O13Si3. The van der Waals surface area contributed by atoms with Crippen molar-refractivity contribution in [2.45, 2.75) is 96.0 Å². The molecule has 0 radical (unpaired) electrons. The average molecular weight is 649 g/mol. The van der Waals surface area contributed by atoms with E-state index in [0.717, 1.165) is 50.2 Å². The molecule has 3 rings (SSSR count).